The minimum atomic E-state index is -0.853. The number of carbonyl (C=O) groups is 1. The van der Waals surface area contributed by atoms with Crippen molar-refractivity contribution in [3.63, 3.8) is 0 Å². The van der Waals surface area contributed by atoms with Crippen LogP contribution in [0.5, 0.6) is 0 Å². The SMILES string of the molecule is C/C(=C\CCCC(=O)OCC(CO)N=O)CCCC(C)CCCC(C)C. The Bertz CT molecular complexity index is 407. The number of ether oxygens (including phenoxy) is 1. The Balaban J connectivity index is 3.72. The highest BCUT2D eigenvalue weighted by molar-refractivity contribution is 5.69. The van der Waals surface area contributed by atoms with Crippen molar-refractivity contribution in [1.29, 1.82) is 0 Å². The minimum absolute atomic E-state index is 0.136. The number of nitrogens with zero attached hydrogens (tertiary/aromatic N) is 1. The van der Waals surface area contributed by atoms with Gasteiger partial charge in [0.1, 0.15) is 12.6 Å². The maximum atomic E-state index is 11.5. The van der Waals surface area contributed by atoms with Crippen LogP contribution in [-0.4, -0.2) is 30.3 Å². The zero-order chi connectivity index (χ0) is 19.8. The molecule has 0 aliphatic carbocycles. The first-order valence-corrected chi connectivity index (χ1v) is 10.1. The predicted octanol–water partition coefficient (Wildman–Crippen LogP) is 5.41. The van der Waals surface area contributed by atoms with Gasteiger partial charge in [-0.05, 0) is 44.4 Å². The maximum Gasteiger partial charge on any atom is 0.305 e. The van der Waals surface area contributed by atoms with E-state index in [1.807, 2.05) is 0 Å². The Morgan fingerprint density at radius 2 is 1.77 bits per heavy atom. The summed E-state index contributed by atoms with van der Waals surface area (Å²) in [6, 6.07) is -0.853. The van der Waals surface area contributed by atoms with Crippen LogP contribution in [0.3, 0.4) is 0 Å². The zero-order valence-electron chi connectivity index (χ0n) is 17.2. The molecule has 0 heterocycles. The van der Waals surface area contributed by atoms with Gasteiger partial charge < -0.3 is 9.84 Å². The largest absolute Gasteiger partial charge is 0.463 e. The third kappa shape index (κ3) is 15.1. The van der Waals surface area contributed by atoms with Gasteiger partial charge in [0.2, 0.25) is 0 Å². The molecule has 0 aromatic heterocycles. The molecule has 1 N–H and O–H groups in total. The van der Waals surface area contributed by atoms with E-state index in [0.29, 0.717) is 6.42 Å². The van der Waals surface area contributed by atoms with Gasteiger partial charge in [-0.15, -0.1) is 0 Å². The first-order chi connectivity index (χ1) is 12.4. The topological polar surface area (TPSA) is 76.0 Å². The number of carbonyl (C=O) groups excluding carboxylic acids is 1. The molecule has 5 heteroatoms. The number of hydrogen-bond donors (Lipinski definition) is 1. The van der Waals surface area contributed by atoms with Gasteiger partial charge in [-0.25, -0.2) is 0 Å². The van der Waals surface area contributed by atoms with Crippen LogP contribution >= 0.6 is 0 Å². The van der Waals surface area contributed by atoms with Crippen molar-refractivity contribution >= 4 is 5.97 Å². The first-order valence-electron chi connectivity index (χ1n) is 10.1. The van der Waals surface area contributed by atoms with Crippen molar-refractivity contribution in [3.8, 4) is 0 Å². The molecule has 0 saturated heterocycles. The van der Waals surface area contributed by atoms with Crippen LogP contribution in [0.15, 0.2) is 16.8 Å². The number of nitroso groups, excluding NO2 is 1. The molecule has 26 heavy (non-hydrogen) atoms. The molecule has 0 bridgehead atoms. The van der Waals surface area contributed by atoms with Crippen molar-refractivity contribution in [2.75, 3.05) is 13.2 Å². The van der Waals surface area contributed by atoms with Crippen molar-refractivity contribution in [2.24, 2.45) is 17.0 Å². The Morgan fingerprint density at radius 3 is 2.38 bits per heavy atom. The molecular weight excluding hydrogens is 330 g/mol. The molecule has 0 spiro atoms. The summed E-state index contributed by atoms with van der Waals surface area (Å²) in [7, 11) is 0. The molecule has 5 nitrogen and oxygen atoms in total. The normalized spacial score (nSPS) is 14.3. The standard InChI is InChI=1S/C21H39NO4/c1-17(2)9-7-11-19(4)13-8-12-18(3)10-5-6-14-21(24)26-16-20(15-23)22-25/h10,17,19-20,23H,5-9,11-16H2,1-4H3/b18-10+. The summed E-state index contributed by atoms with van der Waals surface area (Å²) in [5.74, 6) is 1.27. The third-order valence-electron chi connectivity index (χ3n) is 4.62. The second-order valence-corrected chi connectivity index (χ2v) is 7.89. The lowest BCUT2D eigenvalue weighted by atomic mass is 9.94. The van der Waals surface area contributed by atoms with E-state index in [4.69, 9.17) is 9.84 Å². The smallest absolute Gasteiger partial charge is 0.305 e. The second kappa shape index (κ2) is 16.0. The van der Waals surface area contributed by atoms with Crippen LogP contribution in [0.2, 0.25) is 0 Å². The quantitative estimate of drug-likeness (QED) is 0.171. The molecular formula is C21H39NO4. The van der Waals surface area contributed by atoms with Gasteiger partial charge in [0.25, 0.3) is 0 Å². The molecule has 0 rings (SSSR count). The lowest BCUT2D eigenvalue weighted by molar-refractivity contribution is -0.144. The summed E-state index contributed by atoms with van der Waals surface area (Å²) in [4.78, 5) is 21.8. The number of unbranched alkanes of at least 4 members (excludes halogenated alkanes) is 1. The van der Waals surface area contributed by atoms with Gasteiger partial charge in [0.05, 0.1) is 6.61 Å². The summed E-state index contributed by atoms with van der Waals surface area (Å²) in [6.07, 6.45) is 11.8. The van der Waals surface area contributed by atoms with Crippen LogP contribution in [0, 0.1) is 16.7 Å². The fraction of sp³-hybridized carbons (Fsp3) is 0.857. The van der Waals surface area contributed by atoms with Crippen LogP contribution in [0.1, 0.15) is 85.5 Å². The number of allylic oxidation sites excluding steroid dienone is 2. The van der Waals surface area contributed by atoms with E-state index in [1.165, 1.54) is 37.7 Å². The Hall–Kier alpha value is -1.23. The summed E-state index contributed by atoms with van der Waals surface area (Å²) < 4.78 is 4.92. The molecule has 0 saturated carbocycles. The number of esters is 1. The van der Waals surface area contributed by atoms with Gasteiger partial charge in [-0.2, -0.15) is 4.91 Å². The van der Waals surface area contributed by atoms with E-state index in [-0.39, 0.29) is 12.6 Å². The average molecular weight is 370 g/mol. The molecule has 2 unspecified atom stereocenters. The van der Waals surface area contributed by atoms with Crippen molar-refractivity contribution in [1.82, 2.24) is 0 Å². The molecule has 0 amide bonds. The highest BCUT2D eigenvalue weighted by atomic mass is 16.5. The molecule has 0 aromatic rings. The molecule has 0 aliphatic heterocycles. The first kappa shape index (κ1) is 24.8. The predicted molar refractivity (Wildman–Crippen MR) is 107 cm³/mol. The van der Waals surface area contributed by atoms with E-state index in [1.54, 1.807) is 0 Å². The maximum absolute atomic E-state index is 11.5. The van der Waals surface area contributed by atoms with Crippen molar-refractivity contribution in [3.05, 3.63) is 16.6 Å². The highest BCUT2D eigenvalue weighted by Gasteiger charge is 2.10. The second-order valence-electron chi connectivity index (χ2n) is 7.89. The molecule has 0 fully saturated rings. The number of aliphatic hydroxyl groups is 1. The Labute approximate surface area is 159 Å². The van der Waals surface area contributed by atoms with Crippen LogP contribution in [-0.2, 0) is 9.53 Å². The van der Waals surface area contributed by atoms with Gasteiger partial charge >= 0.3 is 5.97 Å². The fourth-order valence-electron chi connectivity index (χ4n) is 2.82. The lowest BCUT2D eigenvalue weighted by Gasteiger charge is -2.12. The number of hydrogen-bond acceptors (Lipinski definition) is 5. The third-order valence-corrected chi connectivity index (χ3v) is 4.62. The van der Waals surface area contributed by atoms with Gasteiger partial charge in [-0.3, -0.25) is 4.79 Å². The van der Waals surface area contributed by atoms with E-state index in [2.05, 4.69) is 38.9 Å². The summed E-state index contributed by atoms with van der Waals surface area (Å²) >= 11 is 0. The zero-order valence-corrected chi connectivity index (χ0v) is 17.2. The van der Waals surface area contributed by atoms with Gasteiger partial charge in [0, 0.05) is 6.42 Å². The van der Waals surface area contributed by atoms with Crippen LogP contribution < -0.4 is 0 Å². The van der Waals surface area contributed by atoms with E-state index in [9.17, 15) is 9.70 Å². The number of rotatable bonds is 16. The molecule has 0 aliphatic rings. The van der Waals surface area contributed by atoms with Gasteiger partial charge in [0.15, 0.2) is 0 Å². The lowest BCUT2D eigenvalue weighted by Crippen LogP contribution is -2.20. The molecule has 0 radical (unpaired) electrons. The highest BCUT2D eigenvalue weighted by Crippen LogP contribution is 2.19. The fourth-order valence-corrected chi connectivity index (χ4v) is 2.82. The monoisotopic (exact) mass is 369 g/mol. The Kier molecular flexibility index (Phi) is 15.2. The summed E-state index contributed by atoms with van der Waals surface area (Å²) in [5.41, 5.74) is 1.39. The van der Waals surface area contributed by atoms with Crippen LogP contribution in [0.4, 0.5) is 0 Å². The van der Waals surface area contributed by atoms with E-state index in [0.717, 1.165) is 31.1 Å². The van der Waals surface area contributed by atoms with Crippen molar-refractivity contribution in [2.45, 2.75) is 91.5 Å². The van der Waals surface area contributed by atoms with Gasteiger partial charge in [-0.1, -0.05) is 63.3 Å². The molecule has 0 aromatic carbocycles. The average Bonchev–Trinajstić information content (AvgIpc) is 2.59. The summed E-state index contributed by atoms with van der Waals surface area (Å²) in [6.45, 7) is 8.55. The molecule has 152 valence electrons. The van der Waals surface area contributed by atoms with Crippen LogP contribution in [0.25, 0.3) is 0 Å². The van der Waals surface area contributed by atoms with E-state index < -0.39 is 12.6 Å². The van der Waals surface area contributed by atoms with E-state index >= 15 is 0 Å². The van der Waals surface area contributed by atoms with Crippen molar-refractivity contribution < 1.29 is 14.6 Å². The summed E-state index contributed by atoms with van der Waals surface area (Å²) in [5, 5.41) is 11.5. The molecule has 2 atom stereocenters. The minimum Gasteiger partial charge on any atom is -0.463 e. The number of aliphatic hydroxyl groups excluding tert-OH is 1. The Morgan fingerprint density at radius 1 is 1.08 bits per heavy atom.